The third-order valence-electron chi connectivity index (χ3n) is 6.38. The van der Waals surface area contributed by atoms with Gasteiger partial charge in [0.15, 0.2) is 5.69 Å². The number of ether oxygens (including phenoxy) is 2. The third kappa shape index (κ3) is 4.43. The highest BCUT2D eigenvalue weighted by molar-refractivity contribution is 6.31. The lowest BCUT2D eigenvalue weighted by Crippen LogP contribution is -2.54. The van der Waals surface area contributed by atoms with Crippen LogP contribution in [0.4, 0.5) is 5.69 Å². The van der Waals surface area contributed by atoms with E-state index in [2.05, 4.69) is 16.9 Å². The van der Waals surface area contributed by atoms with Crippen LogP contribution in [0.25, 0.3) is 0 Å². The molecule has 1 aromatic heterocycles. The molecule has 3 heterocycles. The van der Waals surface area contributed by atoms with Gasteiger partial charge in [-0.2, -0.15) is 5.10 Å². The number of benzene rings is 2. The summed E-state index contributed by atoms with van der Waals surface area (Å²) in [5.41, 5.74) is 3.41. The molecule has 0 saturated carbocycles. The average Bonchev–Trinajstić information content (AvgIpc) is 3.15. The minimum atomic E-state index is -0.788. The molecule has 0 radical (unpaired) electrons. The van der Waals surface area contributed by atoms with E-state index >= 15 is 0 Å². The van der Waals surface area contributed by atoms with E-state index in [1.807, 2.05) is 36.4 Å². The number of hydrogen-bond donors (Lipinski definition) is 0. The smallest absolute Gasteiger partial charge is 0.275 e. The molecule has 2 aliphatic rings. The van der Waals surface area contributed by atoms with Crippen LogP contribution in [0.2, 0.25) is 5.15 Å². The summed E-state index contributed by atoms with van der Waals surface area (Å²) in [5, 5.41) is 4.98. The highest BCUT2D eigenvalue weighted by atomic mass is 35.5. The van der Waals surface area contributed by atoms with Crippen LogP contribution in [0.15, 0.2) is 48.5 Å². The molecule has 0 aliphatic carbocycles. The van der Waals surface area contributed by atoms with Gasteiger partial charge in [-0.1, -0.05) is 53.8 Å². The molecular weight excluding hydrogens is 480 g/mol. The van der Waals surface area contributed by atoms with Gasteiger partial charge < -0.3 is 19.3 Å². The number of rotatable bonds is 4. The summed E-state index contributed by atoms with van der Waals surface area (Å²) in [4.78, 5) is 30.0. The summed E-state index contributed by atoms with van der Waals surface area (Å²) in [6, 6.07) is 14.4. The Labute approximate surface area is 214 Å². The first-order valence-corrected chi connectivity index (χ1v) is 12.0. The molecule has 1 atom stereocenters. The molecule has 9 heteroatoms. The lowest BCUT2D eigenvalue weighted by molar-refractivity contribution is -0.123. The zero-order valence-corrected chi connectivity index (χ0v) is 20.8. The third-order valence-corrected chi connectivity index (χ3v) is 6.81. The SMILES string of the molecule is COCC#Cc1ccc2c(c1)OCC(N1CCc3c(nn(Cc4ccccc4)c3Cl)C1=O)C(=O)N2C. The van der Waals surface area contributed by atoms with E-state index in [0.717, 1.165) is 11.1 Å². The van der Waals surface area contributed by atoms with Crippen LogP contribution in [0.5, 0.6) is 5.75 Å². The lowest BCUT2D eigenvalue weighted by atomic mass is 10.0. The summed E-state index contributed by atoms with van der Waals surface area (Å²) in [5.74, 6) is 5.92. The fraction of sp³-hybridized carbons (Fsp3) is 0.296. The highest BCUT2D eigenvalue weighted by Gasteiger charge is 2.40. The van der Waals surface area contributed by atoms with Crippen molar-refractivity contribution in [2.45, 2.75) is 19.0 Å². The van der Waals surface area contributed by atoms with Gasteiger partial charge in [0.25, 0.3) is 11.8 Å². The summed E-state index contributed by atoms with van der Waals surface area (Å²) in [6.45, 7) is 1.16. The fourth-order valence-corrected chi connectivity index (χ4v) is 4.78. The van der Waals surface area contributed by atoms with Crippen LogP contribution in [0, 0.1) is 11.8 Å². The monoisotopic (exact) mass is 504 g/mol. The van der Waals surface area contributed by atoms with Gasteiger partial charge in [-0.05, 0) is 30.2 Å². The molecule has 2 aliphatic heterocycles. The first-order chi connectivity index (χ1) is 17.5. The van der Waals surface area contributed by atoms with Crippen molar-refractivity contribution < 1.29 is 19.1 Å². The minimum Gasteiger partial charge on any atom is -0.489 e. The van der Waals surface area contributed by atoms with Crippen LogP contribution >= 0.6 is 11.6 Å². The number of halogens is 1. The summed E-state index contributed by atoms with van der Waals surface area (Å²) < 4.78 is 12.7. The van der Waals surface area contributed by atoms with Crippen molar-refractivity contribution in [2.24, 2.45) is 0 Å². The molecule has 184 valence electrons. The fourth-order valence-electron chi connectivity index (χ4n) is 4.50. The van der Waals surface area contributed by atoms with Crippen LogP contribution in [-0.2, 0) is 22.5 Å². The molecule has 3 aromatic rings. The first-order valence-electron chi connectivity index (χ1n) is 11.6. The van der Waals surface area contributed by atoms with Crippen molar-refractivity contribution >= 4 is 29.1 Å². The number of anilines is 1. The maximum atomic E-state index is 13.5. The Morgan fingerprint density at radius 1 is 1.19 bits per heavy atom. The van der Waals surface area contributed by atoms with Crippen LogP contribution in [-0.4, -0.2) is 66.5 Å². The zero-order chi connectivity index (χ0) is 25.2. The van der Waals surface area contributed by atoms with Crippen molar-refractivity contribution in [2.75, 3.05) is 38.8 Å². The maximum Gasteiger partial charge on any atom is 0.275 e. The Bertz CT molecular complexity index is 1380. The van der Waals surface area contributed by atoms with Crippen molar-refractivity contribution in [3.8, 4) is 17.6 Å². The quantitative estimate of drug-likeness (QED) is 0.510. The Kier molecular flexibility index (Phi) is 6.68. The molecule has 0 bridgehead atoms. The number of likely N-dealkylation sites (N-methyl/N-ethyl adjacent to an activating group) is 1. The summed E-state index contributed by atoms with van der Waals surface area (Å²) in [7, 11) is 3.27. The van der Waals surface area contributed by atoms with Gasteiger partial charge in [-0.15, -0.1) is 0 Å². The number of carbonyl (C=O) groups excluding carboxylic acids is 2. The molecule has 0 saturated heterocycles. The van der Waals surface area contributed by atoms with E-state index in [0.29, 0.717) is 48.3 Å². The largest absolute Gasteiger partial charge is 0.489 e. The second-order valence-electron chi connectivity index (χ2n) is 8.65. The number of amides is 2. The molecule has 1 unspecified atom stereocenters. The molecule has 0 spiro atoms. The van der Waals surface area contributed by atoms with E-state index in [4.69, 9.17) is 21.1 Å². The number of aromatic nitrogens is 2. The molecule has 2 amide bonds. The maximum absolute atomic E-state index is 13.5. The number of fused-ring (bicyclic) bond motifs is 2. The predicted octanol–water partition coefficient (Wildman–Crippen LogP) is 3.01. The Hall–Kier alpha value is -3.80. The van der Waals surface area contributed by atoms with Crippen molar-refractivity contribution in [1.82, 2.24) is 14.7 Å². The van der Waals surface area contributed by atoms with Crippen molar-refractivity contribution in [3.05, 3.63) is 76.1 Å². The van der Waals surface area contributed by atoms with E-state index < -0.39 is 6.04 Å². The van der Waals surface area contributed by atoms with Gasteiger partial charge >= 0.3 is 0 Å². The van der Waals surface area contributed by atoms with Crippen LogP contribution in [0.1, 0.15) is 27.2 Å². The molecule has 36 heavy (non-hydrogen) atoms. The van der Waals surface area contributed by atoms with Gasteiger partial charge in [0, 0.05) is 31.8 Å². The zero-order valence-electron chi connectivity index (χ0n) is 20.0. The standard InChI is InChI=1S/C27H25ClN4O4/c1-30-21-11-10-18(9-6-14-35-2)15-23(21)36-17-22(26(30)33)31-13-12-20-24(27(31)34)29-32(25(20)28)16-19-7-4-3-5-8-19/h3-5,7-8,10-11,15,22H,12-14,16-17H2,1-2H3. The van der Waals surface area contributed by atoms with E-state index in [1.165, 1.54) is 4.90 Å². The van der Waals surface area contributed by atoms with Crippen molar-refractivity contribution in [1.29, 1.82) is 0 Å². The van der Waals surface area contributed by atoms with Crippen LogP contribution in [0.3, 0.4) is 0 Å². The van der Waals surface area contributed by atoms with Gasteiger partial charge in [-0.3, -0.25) is 9.59 Å². The van der Waals surface area contributed by atoms with E-state index in [1.54, 1.807) is 35.9 Å². The Balaban J connectivity index is 1.38. The van der Waals surface area contributed by atoms with Gasteiger partial charge in [0.05, 0.1) is 12.2 Å². The molecule has 5 rings (SSSR count). The normalized spacial score (nSPS) is 17.0. The summed E-state index contributed by atoms with van der Waals surface area (Å²) >= 11 is 6.60. The van der Waals surface area contributed by atoms with E-state index in [9.17, 15) is 9.59 Å². The number of nitrogens with zero attached hydrogens (tertiary/aromatic N) is 4. The molecule has 8 nitrogen and oxygen atoms in total. The summed E-state index contributed by atoms with van der Waals surface area (Å²) in [6.07, 6.45) is 0.508. The first kappa shape index (κ1) is 23.9. The molecule has 0 fully saturated rings. The van der Waals surface area contributed by atoms with Crippen LogP contribution < -0.4 is 9.64 Å². The molecular formula is C27H25ClN4O4. The van der Waals surface area contributed by atoms with E-state index in [-0.39, 0.29) is 24.1 Å². The van der Waals surface area contributed by atoms with Gasteiger partial charge in [0.2, 0.25) is 0 Å². The number of methoxy groups -OCH3 is 1. The molecule has 2 aromatic carbocycles. The Morgan fingerprint density at radius 2 is 2.00 bits per heavy atom. The minimum absolute atomic E-state index is 0.0324. The number of hydrogen-bond acceptors (Lipinski definition) is 5. The predicted molar refractivity (Wildman–Crippen MR) is 135 cm³/mol. The lowest BCUT2D eigenvalue weighted by Gasteiger charge is -2.33. The molecule has 0 N–H and O–H groups in total. The van der Waals surface area contributed by atoms with Gasteiger partial charge in [0.1, 0.15) is 30.2 Å². The highest BCUT2D eigenvalue weighted by Crippen LogP contribution is 2.34. The second kappa shape index (κ2) is 10.1. The second-order valence-corrected chi connectivity index (χ2v) is 9.01. The Morgan fingerprint density at radius 3 is 2.78 bits per heavy atom. The van der Waals surface area contributed by atoms with Crippen molar-refractivity contribution in [3.63, 3.8) is 0 Å². The van der Waals surface area contributed by atoms with Gasteiger partial charge in [-0.25, -0.2) is 4.68 Å². The topological polar surface area (TPSA) is 76.9 Å². The number of carbonyl (C=O) groups is 2. The average molecular weight is 505 g/mol.